The highest BCUT2D eigenvalue weighted by molar-refractivity contribution is 8.00. The van der Waals surface area contributed by atoms with Gasteiger partial charge in [0.05, 0.1) is 13.2 Å². The molecule has 2 fully saturated rings. The van der Waals surface area contributed by atoms with Crippen molar-refractivity contribution in [1.82, 2.24) is 15.1 Å². The minimum absolute atomic E-state index is 0.497. The van der Waals surface area contributed by atoms with Gasteiger partial charge in [-0.05, 0) is 18.6 Å². The van der Waals surface area contributed by atoms with Gasteiger partial charge in [0.25, 0.3) is 0 Å². The van der Waals surface area contributed by atoms with E-state index in [1.54, 1.807) is 0 Å². The Labute approximate surface area is 155 Å². The molecule has 25 heavy (non-hydrogen) atoms. The van der Waals surface area contributed by atoms with Gasteiger partial charge in [0.1, 0.15) is 0 Å². The fraction of sp³-hybridized carbons (Fsp3) is 0.632. The summed E-state index contributed by atoms with van der Waals surface area (Å²) in [6.07, 6.45) is 1.22. The number of nitrogens with one attached hydrogen (secondary N) is 1. The largest absolute Gasteiger partial charge is 0.379 e. The van der Waals surface area contributed by atoms with Crippen molar-refractivity contribution in [3.8, 4) is 0 Å². The summed E-state index contributed by atoms with van der Waals surface area (Å²) < 4.78 is 5.47. The van der Waals surface area contributed by atoms with Gasteiger partial charge in [0.2, 0.25) is 0 Å². The molecular formula is C19H30N4OS. The normalized spacial score (nSPS) is 23.7. The topological polar surface area (TPSA) is 40.1 Å². The number of guanidine groups is 1. The van der Waals surface area contributed by atoms with Crippen LogP contribution in [0.4, 0.5) is 0 Å². The molecule has 2 saturated heterocycles. The minimum atomic E-state index is 0.497. The smallest absolute Gasteiger partial charge is 0.193 e. The standard InChI is InChI=1S/C19H30N4OS/c1-16(25-18-6-4-3-5-7-18)14-21-19(20-2)23-9-8-17(15-23)22-10-12-24-13-11-22/h3-7,16-17H,8-15H2,1-2H3,(H,20,21). The molecule has 6 heteroatoms. The summed E-state index contributed by atoms with van der Waals surface area (Å²) in [6, 6.07) is 11.2. The average Bonchev–Trinajstić information content (AvgIpc) is 3.14. The van der Waals surface area contributed by atoms with E-state index in [1.165, 1.54) is 11.3 Å². The summed E-state index contributed by atoms with van der Waals surface area (Å²) in [5.74, 6) is 1.04. The second-order valence-electron chi connectivity index (χ2n) is 6.71. The Hall–Kier alpha value is -1.24. The summed E-state index contributed by atoms with van der Waals surface area (Å²) in [6.45, 7) is 9.21. The van der Waals surface area contributed by atoms with Crippen molar-refractivity contribution in [3.05, 3.63) is 30.3 Å². The molecule has 1 N–H and O–H groups in total. The number of likely N-dealkylation sites (tertiary alicyclic amines) is 1. The molecule has 0 spiro atoms. The van der Waals surface area contributed by atoms with Crippen LogP contribution in [0.5, 0.6) is 0 Å². The first-order valence-corrected chi connectivity index (χ1v) is 10.1. The van der Waals surface area contributed by atoms with Gasteiger partial charge in [-0.25, -0.2) is 0 Å². The van der Waals surface area contributed by atoms with Gasteiger partial charge in [-0.3, -0.25) is 9.89 Å². The summed E-state index contributed by atoms with van der Waals surface area (Å²) in [7, 11) is 1.89. The number of nitrogens with zero attached hydrogens (tertiary/aromatic N) is 3. The van der Waals surface area contributed by atoms with Crippen LogP contribution in [0.1, 0.15) is 13.3 Å². The quantitative estimate of drug-likeness (QED) is 0.494. The van der Waals surface area contributed by atoms with Gasteiger partial charge >= 0.3 is 0 Å². The first-order valence-electron chi connectivity index (χ1n) is 9.25. The van der Waals surface area contributed by atoms with E-state index in [2.05, 4.69) is 57.4 Å². The van der Waals surface area contributed by atoms with Crippen molar-refractivity contribution in [3.63, 3.8) is 0 Å². The molecule has 1 aromatic carbocycles. The fourth-order valence-electron chi connectivity index (χ4n) is 3.52. The van der Waals surface area contributed by atoms with Gasteiger partial charge < -0.3 is 15.0 Å². The lowest BCUT2D eigenvalue weighted by Gasteiger charge is -2.32. The van der Waals surface area contributed by atoms with Gasteiger partial charge in [-0.1, -0.05) is 25.1 Å². The van der Waals surface area contributed by atoms with Gasteiger partial charge in [-0.15, -0.1) is 11.8 Å². The molecule has 1 aromatic rings. The molecule has 2 heterocycles. The van der Waals surface area contributed by atoms with Crippen LogP contribution in [-0.2, 0) is 4.74 Å². The zero-order valence-corrected chi connectivity index (χ0v) is 16.2. The first-order chi connectivity index (χ1) is 12.3. The maximum atomic E-state index is 5.47. The van der Waals surface area contributed by atoms with Crippen LogP contribution in [0.3, 0.4) is 0 Å². The van der Waals surface area contributed by atoms with E-state index in [-0.39, 0.29) is 0 Å². The molecule has 2 aliphatic rings. The van der Waals surface area contributed by atoms with E-state index in [4.69, 9.17) is 4.74 Å². The summed E-state index contributed by atoms with van der Waals surface area (Å²) >= 11 is 1.90. The number of hydrogen-bond acceptors (Lipinski definition) is 4. The molecule has 0 saturated carbocycles. The van der Waals surface area contributed by atoms with Crippen LogP contribution in [-0.4, -0.2) is 80.0 Å². The lowest BCUT2D eigenvalue weighted by molar-refractivity contribution is 0.0195. The summed E-state index contributed by atoms with van der Waals surface area (Å²) in [4.78, 5) is 10.8. The van der Waals surface area contributed by atoms with Crippen molar-refractivity contribution in [1.29, 1.82) is 0 Å². The predicted molar refractivity (Wildman–Crippen MR) is 105 cm³/mol. The van der Waals surface area contributed by atoms with E-state index in [1.807, 2.05) is 18.8 Å². The monoisotopic (exact) mass is 362 g/mol. The highest BCUT2D eigenvalue weighted by atomic mass is 32.2. The van der Waals surface area contributed by atoms with E-state index in [0.717, 1.165) is 51.9 Å². The lowest BCUT2D eigenvalue weighted by atomic mass is 10.2. The van der Waals surface area contributed by atoms with Crippen LogP contribution < -0.4 is 5.32 Å². The second kappa shape index (κ2) is 9.46. The van der Waals surface area contributed by atoms with Gasteiger partial charge in [0, 0.05) is 56.0 Å². The third-order valence-electron chi connectivity index (χ3n) is 4.86. The molecule has 0 aliphatic carbocycles. The number of hydrogen-bond donors (Lipinski definition) is 1. The Morgan fingerprint density at radius 3 is 2.76 bits per heavy atom. The molecule has 2 unspecified atom stereocenters. The number of ether oxygens (including phenoxy) is 1. The first kappa shape index (κ1) is 18.5. The number of rotatable bonds is 5. The van der Waals surface area contributed by atoms with E-state index < -0.39 is 0 Å². The molecule has 0 aromatic heterocycles. The van der Waals surface area contributed by atoms with Crippen molar-refractivity contribution in [2.75, 3.05) is 53.0 Å². The maximum Gasteiger partial charge on any atom is 0.193 e. The number of thioether (sulfide) groups is 1. The SMILES string of the molecule is CN=C(NCC(C)Sc1ccccc1)N1CCC(N2CCOCC2)C1. The molecule has 138 valence electrons. The molecule has 0 amide bonds. The summed E-state index contributed by atoms with van der Waals surface area (Å²) in [5.41, 5.74) is 0. The van der Waals surface area contributed by atoms with E-state index in [9.17, 15) is 0 Å². The Bertz CT molecular complexity index is 548. The van der Waals surface area contributed by atoms with E-state index >= 15 is 0 Å². The average molecular weight is 363 g/mol. The van der Waals surface area contributed by atoms with Crippen LogP contribution in [0.25, 0.3) is 0 Å². The predicted octanol–water partition coefficient (Wildman–Crippen LogP) is 2.15. The van der Waals surface area contributed by atoms with Crippen molar-refractivity contribution >= 4 is 17.7 Å². The van der Waals surface area contributed by atoms with Crippen LogP contribution in [0, 0.1) is 0 Å². The Kier molecular flexibility index (Phi) is 7.02. The minimum Gasteiger partial charge on any atom is -0.379 e. The zero-order valence-electron chi connectivity index (χ0n) is 15.4. The highest BCUT2D eigenvalue weighted by Crippen LogP contribution is 2.22. The van der Waals surface area contributed by atoms with Crippen molar-refractivity contribution in [2.24, 2.45) is 4.99 Å². The Balaban J connectivity index is 1.45. The number of aliphatic imine (C=N–C) groups is 1. The van der Waals surface area contributed by atoms with Crippen molar-refractivity contribution < 1.29 is 4.74 Å². The molecule has 2 atom stereocenters. The van der Waals surface area contributed by atoms with Crippen molar-refractivity contribution in [2.45, 2.75) is 29.5 Å². The molecule has 0 radical (unpaired) electrons. The Morgan fingerprint density at radius 1 is 1.28 bits per heavy atom. The fourth-order valence-corrected chi connectivity index (χ4v) is 4.46. The van der Waals surface area contributed by atoms with Gasteiger partial charge in [0.15, 0.2) is 5.96 Å². The highest BCUT2D eigenvalue weighted by Gasteiger charge is 2.30. The molecule has 3 rings (SSSR count). The number of morpholine rings is 1. The molecular weight excluding hydrogens is 332 g/mol. The molecule has 2 aliphatic heterocycles. The zero-order chi connectivity index (χ0) is 17.5. The maximum absolute atomic E-state index is 5.47. The molecule has 5 nitrogen and oxygen atoms in total. The number of benzene rings is 1. The lowest BCUT2D eigenvalue weighted by Crippen LogP contribution is -2.47. The van der Waals surface area contributed by atoms with Gasteiger partial charge in [-0.2, -0.15) is 0 Å². The van der Waals surface area contributed by atoms with Crippen LogP contribution in [0.2, 0.25) is 0 Å². The summed E-state index contributed by atoms with van der Waals surface area (Å²) in [5, 5.41) is 4.06. The van der Waals surface area contributed by atoms with E-state index in [0.29, 0.717) is 11.3 Å². The third-order valence-corrected chi connectivity index (χ3v) is 5.98. The third kappa shape index (κ3) is 5.36. The van der Waals surface area contributed by atoms with Crippen LogP contribution >= 0.6 is 11.8 Å². The Morgan fingerprint density at radius 2 is 2.04 bits per heavy atom. The van der Waals surface area contributed by atoms with Crippen LogP contribution in [0.15, 0.2) is 40.2 Å². The second-order valence-corrected chi connectivity index (χ2v) is 8.22. The molecule has 0 bridgehead atoms.